The highest BCUT2D eigenvalue weighted by molar-refractivity contribution is 7.98. The lowest BCUT2D eigenvalue weighted by Crippen LogP contribution is -2.26. The molecule has 4 nitrogen and oxygen atoms in total. The molecule has 6 heteroatoms. The van der Waals surface area contributed by atoms with Gasteiger partial charge in [-0.2, -0.15) is 11.8 Å². The second kappa shape index (κ2) is 5.82. The summed E-state index contributed by atoms with van der Waals surface area (Å²) in [5.41, 5.74) is 0.288. The molecule has 1 rings (SSSR count). The summed E-state index contributed by atoms with van der Waals surface area (Å²) in [6.07, 6.45) is 1.98. The number of hydrogen-bond acceptors (Lipinski definition) is 4. The molecule has 1 heterocycles. The lowest BCUT2D eigenvalue weighted by molar-refractivity contribution is 0.0950. The van der Waals surface area contributed by atoms with Crippen LogP contribution in [0.2, 0.25) is 5.15 Å². The van der Waals surface area contributed by atoms with Crippen molar-refractivity contribution in [1.82, 2.24) is 15.5 Å². The van der Waals surface area contributed by atoms with Gasteiger partial charge in [0.25, 0.3) is 5.91 Å². The Kier molecular flexibility index (Phi) is 4.69. The van der Waals surface area contributed by atoms with E-state index in [1.54, 1.807) is 17.8 Å². The first-order chi connectivity index (χ1) is 6.74. The Balaban J connectivity index is 2.48. The van der Waals surface area contributed by atoms with Crippen molar-refractivity contribution in [2.75, 3.05) is 18.6 Å². The molecular formula is C8H10ClN3OS. The molecule has 0 fully saturated rings. The maximum atomic E-state index is 11.4. The van der Waals surface area contributed by atoms with Gasteiger partial charge in [0, 0.05) is 12.3 Å². The normalized spacial score (nSPS) is 9.86. The molecule has 14 heavy (non-hydrogen) atoms. The van der Waals surface area contributed by atoms with Crippen LogP contribution in [0.3, 0.4) is 0 Å². The fraction of sp³-hybridized carbons (Fsp3) is 0.375. The first-order valence-electron chi connectivity index (χ1n) is 4.00. The highest BCUT2D eigenvalue weighted by Gasteiger charge is 2.06. The quantitative estimate of drug-likeness (QED) is 0.792. The summed E-state index contributed by atoms with van der Waals surface area (Å²) in [7, 11) is 0. The zero-order chi connectivity index (χ0) is 10.4. The second-order valence-corrected chi connectivity index (χ2v) is 3.86. The Morgan fingerprint density at radius 3 is 2.93 bits per heavy atom. The molecule has 0 aromatic carbocycles. The van der Waals surface area contributed by atoms with E-state index in [2.05, 4.69) is 15.5 Å². The van der Waals surface area contributed by atoms with E-state index >= 15 is 0 Å². The molecule has 0 aliphatic heterocycles. The zero-order valence-electron chi connectivity index (χ0n) is 7.66. The van der Waals surface area contributed by atoms with Gasteiger partial charge in [-0.15, -0.1) is 10.2 Å². The molecule has 0 aliphatic rings. The number of rotatable bonds is 4. The van der Waals surface area contributed by atoms with Crippen molar-refractivity contribution in [2.45, 2.75) is 0 Å². The number of nitrogens with one attached hydrogen (secondary N) is 1. The van der Waals surface area contributed by atoms with Gasteiger partial charge in [0.15, 0.2) is 10.8 Å². The number of carbonyl (C=O) groups excluding carboxylic acids is 1. The molecule has 0 radical (unpaired) electrons. The lowest BCUT2D eigenvalue weighted by atomic mass is 10.4. The lowest BCUT2D eigenvalue weighted by Gasteiger charge is -2.01. The number of aromatic nitrogens is 2. The molecule has 1 aromatic rings. The van der Waals surface area contributed by atoms with Crippen molar-refractivity contribution in [2.24, 2.45) is 0 Å². The van der Waals surface area contributed by atoms with Crippen molar-refractivity contribution in [1.29, 1.82) is 0 Å². The Morgan fingerprint density at radius 2 is 2.36 bits per heavy atom. The van der Waals surface area contributed by atoms with Crippen molar-refractivity contribution >= 4 is 29.3 Å². The fourth-order valence-electron chi connectivity index (χ4n) is 0.794. The standard InChI is InChI=1S/C8H10ClN3OS/c1-14-5-4-10-8(13)6-2-3-7(9)12-11-6/h2-3H,4-5H2,1H3,(H,10,13). The molecule has 0 bridgehead atoms. The number of hydrogen-bond donors (Lipinski definition) is 1. The van der Waals surface area contributed by atoms with Crippen molar-refractivity contribution in [3.8, 4) is 0 Å². The van der Waals surface area contributed by atoms with Crippen LogP contribution in [0.5, 0.6) is 0 Å². The van der Waals surface area contributed by atoms with Gasteiger partial charge in [0.05, 0.1) is 0 Å². The summed E-state index contributed by atoms with van der Waals surface area (Å²) in [6, 6.07) is 3.09. The Morgan fingerprint density at radius 1 is 1.57 bits per heavy atom. The summed E-state index contributed by atoms with van der Waals surface area (Å²) in [6.45, 7) is 0.629. The summed E-state index contributed by atoms with van der Waals surface area (Å²) in [5.74, 6) is 0.662. The van der Waals surface area contributed by atoms with Crippen LogP contribution in [0.4, 0.5) is 0 Å². The predicted molar refractivity (Wildman–Crippen MR) is 57.8 cm³/mol. The average Bonchev–Trinajstić information content (AvgIpc) is 2.19. The van der Waals surface area contributed by atoms with Crippen LogP contribution < -0.4 is 5.32 Å². The van der Waals surface area contributed by atoms with Crippen LogP contribution in [0.15, 0.2) is 12.1 Å². The van der Waals surface area contributed by atoms with Gasteiger partial charge in [-0.25, -0.2) is 0 Å². The highest BCUT2D eigenvalue weighted by Crippen LogP contribution is 2.01. The second-order valence-electron chi connectivity index (χ2n) is 2.49. The van der Waals surface area contributed by atoms with Gasteiger partial charge in [-0.05, 0) is 18.4 Å². The molecule has 0 saturated heterocycles. The van der Waals surface area contributed by atoms with E-state index in [9.17, 15) is 4.79 Å². The molecule has 1 amide bonds. The first-order valence-corrected chi connectivity index (χ1v) is 5.77. The Labute approximate surface area is 91.4 Å². The minimum atomic E-state index is -0.219. The Bertz CT molecular complexity index is 304. The van der Waals surface area contributed by atoms with E-state index < -0.39 is 0 Å². The molecule has 1 N–H and O–H groups in total. The van der Waals surface area contributed by atoms with Gasteiger partial charge >= 0.3 is 0 Å². The fourth-order valence-corrected chi connectivity index (χ4v) is 1.20. The Hall–Kier alpha value is -0.810. The largest absolute Gasteiger partial charge is 0.350 e. The summed E-state index contributed by atoms with van der Waals surface area (Å²) < 4.78 is 0. The van der Waals surface area contributed by atoms with Gasteiger partial charge in [0.1, 0.15) is 0 Å². The molecule has 76 valence electrons. The smallest absolute Gasteiger partial charge is 0.271 e. The number of thioether (sulfide) groups is 1. The van der Waals surface area contributed by atoms with Gasteiger partial charge in [0.2, 0.25) is 0 Å². The topological polar surface area (TPSA) is 54.9 Å². The molecule has 0 unspecified atom stereocenters. The van der Waals surface area contributed by atoms with Crippen LogP contribution in [0.1, 0.15) is 10.5 Å². The van der Waals surface area contributed by atoms with Crippen LogP contribution in [0, 0.1) is 0 Å². The molecular weight excluding hydrogens is 222 g/mol. The summed E-state index contributed by atoms with van der Waals surface area (Å²) in [5, 5.41) is 10.2. The van der Waals surface area contributed by atoms with Gasteiger partial charge in [-0.1, -0.05) is 11.6 Å². The van der Waals surface area contributed by atoms with E-state index in [0.29, 0.717) is 6.54 Å². The van der Waals surface area contributed by atoms with Crippen molar-refractivity contribution in [3.05, 3.63) is 23.0 Å². The third-order valence-corrected chi connectivity index (χ3v) is 2.27. The molecule has 0 spiro atoms. The van der Waals surface area contributed by atoms with E-state index in [4.69, 9.17) is 11.6 Å². The third kappa shape index (κ3) is 3.51. The van der Waals surface area contributed by atoms with E-state index in [1.165, 1.54) is 6.07 Å². The van der Waals surface area contributed by atoms with Crippen LogP contribution in [0.25, 0.3) is 0 Å². The van der Waals surface area contributed by atoms with E-state index in [1.807, 2.05) is 6.26 Å². The monoisotopic (exact) mass is 231 g/mol. The van der Waals surface area contributed by atoms with Crippen molar-refractivity contribution in [3.63, 3.8) is 0 Å². The number of halogens is 1. The third-order valence-electron chi connectivity index (χ3n) is 1.46. The van der Waals surface area contributed by atoms with E-state index in [-0.39, 0.29) is 16.8 Å². The highest BCUT2D eigenvalue weighted by atomic mass is 35.5. The average molecular weight is 232 g/mol. The molecule has 0 aliphatic carbocycles. The number of nitrogens with zero attached hydrogens (tertiary/aromatic N) is 2. The summed E-state index contributed by atoms with van der Waals surface area (Å²) in [4.78, 5) is 11.4. The first kappa shape index (κ1) is 11.3. The molecule has 1 aromatic heterocycles. The number of carbonyl (C=O) groups is 1. The summed E-state index contributed by atoms with van der Waals surface area (Å²) >= 11 is 7.20. The van der Waals surface area contributed by atoms with Gasteiger partial charge in [-0.3, -0.25) is 4.79 Å². The van der Waals surface area contributed by atoms with Crippen LogP contribution in [-0.4, -0.2) is 34.7 Å². The minimum absolute atomic E-state index is 0.219. The van der Waals surface area contributed by atoms with Crippen LogP contribution >= 0.6 is 23.4 Å². The zero-order valence-corrected chi connectivity index (χ0v) is 9.23. The maximum Gasteiger partial charge on any atom is 0.271 e. The number of amides is 1. The maximum absolute atomic E-state index is 11.4. The van der Waals surface area contributed by atoms with E-state index in [0.717, 1.165) is 5.75 Å². The van der Waals surface area contributed by atoms with Crippen molar-refractivity contribution < 1.29 is 4.79 Å². The van der Waals surface area contributed by atoms with Gasteiger partial charge < -0.3 is 5.32 Å². The predicted octanol–water partition coefficient (Wildman–Crippen LogP) is 1.22. The molecule has 0 saturated carbocycles. The minimum Gasteiger partial charge on any atom is -0.350 e. The molecule has 0 atom stereocenters. The SMILES string of the molecule is CSCCNC(=O)c1ccc(Cl)nn1. The van der Waals surface area contributed by atoms with Crippen LogP contribution in [-0.2, 0) is 0 Å².